The summed E-state index contributed by atoms with van der Waals surface area (Å²) in [6, 6.07) is 15.6. The van der Waals surface area contributed by atoms with Crippen LogP contribution in [-0.2, 0) is 4.79 Å². The second kappa shape index (κ2) is 6.02. The Labute approximate surface area is 129 Å². The molecule has 0 aliphatic carbocycles. The fourth-order valence-electron chi connectivity index (χ4n) is 2.32. The van der Waals surface area contributed by atoms with Crippen LogP contribution in [0.4, 0.5) is 5.69 Å². The monoisotopic (exact) mass is 293 g/mol. The first-order valence-corrected chi connectivity index (χ1v) is 7.54. The largest absolute Gasteiger partial charge is 0.338 e. The molecule has 0 spiro atoms. The number of aromatic nitrogens is 2. The van der Waals surface area contributed by atoms with E-state index < -0.39 is 0 Å². The van der Waals surface area contributed by atoms with Gasteiger partial charge in [-0.2, -0.15) is 0 Å². The molecular weight excluding hydrogens is 274 g/mol. The maximum atomic E-state index is 12.2. The molecule has 112 valence electrons. The zero-order valence-corrected chi connectivity index (χ0v) is 12.8. The van der Waals surface area contributed by atoms with Gasteiger partial charge in [0.25, 0.3) is 0 Å². The van der Waals surface area contributed by atoms with Crippen molar-refractivity contribution >= 4 is 22.6 Å². The number of hydrogen-bond donors (Lipinski definition) is 2. The third-order valence-corrected chi connectivity index (χ3v) is 3.89. The average Bonchev–Trinajstić information content (AvgIpc) is 2.98. The minimum absolute atomic E-state index is 0.0104. The van der Waals surface area contributed by atoms with Crippen LogP contribution < -0.4 is 5.32 Å². The van der Waals surface area contributed by atoms with E-state index in [1.807, 2.05) is 62.4 Å². The Morgan fingerprint density at radius 1 is 1.18 bits per heavy atom. The van der Waals surface area contributed by atoms with Crippen LogP contribution in [0, 0.1) is 5.92 Å². The molecule has 4 heteroatoms. The Hall–Kier alpha value is -2.62. The topological polar surface area (TPSA) is 57.8 Å². The maximum absolute atomic E-state index is 12.2. The molecule has 0 saturated carbocycles. The van der Waals surface area contributed by atoms with E-state index in [9.17, 15) is 4.79 Å². The van der Waals surface area contributed by atoms with Gasteiger partial charge in [0.05, 0.1) is 16.7 Å². The highest BCUT2D eigenvalue weighted by atomic mass is 16.1. The van der Waals surface area contributed by atoms with E-state index in [1.54, 1.807) is 0 Å². The average molecular weight is 293 g/mol. The molecule has 1 atom stereocenters. The molecule has 2 N–H and O–H groups in total. The summed E-state index contributed by atoms with van der Waals surface area (Å²) in [6.07, 6.45) is 0.818. The van der Waals surface area contributed by atoms with Gasteiger partial charge in [-0.25, -0.2) is 4.98 Å². The molecule has 1 unspecified atom stereocenters. The zero-order chi connectivity index (χ0) is 15.5. The summed E-state index contributed by atoms with van der Waals surface area (Å²) in [6.45, 7) is 3.94. The Bertz CT molecular complexity index is 774. The fourth-order valence-corrected chi connectivity index (χ4v) is 2.32. The quantitative estimate of drug-likeness (QED) is 0.757. The number of para-hydroxylation sites is 3. The maximum Gasteiger partial charge on any atom is 0.227 e. The molecule has 1 amide bonds. The van der Waals surface area contributed by atoms with Gasteiger partial charge >= 0.3 is 0 Å². The van der Waals surface area contributed by atoms with Crippen molar-refractivity contribution in [1.29, 1.82) is 0 Å². The lowest BCUT2D eigenvalue weighted by Crippen LogP contribution is -2.20. The number of hydrogen-bond acceptors (Lipinski definition) is 2. The Morgan fingerprint density at radius 3 is 2.68 bits per heavy atom. The predicted octanol–water partition coefficient (Wildman–Crippen LogP) is 4.21. The highest BCUT2D eigenvalue weighted by Crippen LogP contribution is 2.27. The van der Waals surface area contributed by atoms with Crippen LogP contribution in [-0.4, -0.2) is 15.9 Å². The summed E-state index contributed by atoms with van der Waals surface area (Å²) in [5, 5.41) is 3.01. The van der Waals surface area contributed by atoms with Crippen LogP contribution in [0.3, 0.4) is 0 Å². The van der Waals surface area contributed by atoms with Gasteiger partial charge in [-0.05, 0) is 30.7 Å². The van der Waals surface area contributed by atoms with E-state index in [1.165, 1.54) is 0 Å². The number of aromatic amines is 1. The third kappa shape index (κ3) is 2.72. The fraction of sp³-hybridized carbons (Fsp3) is 0.222. The minimum atomic E-state index is -0.0104. The number of H-pyrrole nitrogens is 1. The highest BCUT2D eigenvalue weighted by Gasteiger charge is 2.14. The van der Waals surface area contributed by atoms with Gasteiger partial charge in [-0.15, -0.1) is 0 Å². The second-order valence-electron chi connectivity index (χ2n) is 5.45. The first-order chi connectivity index (χ1) is 10.7. The molecule has 2 aromatic carbocycles. The number of rotatable bonds is 4. The van der Waals surface area contributed by atoms with Crippen molar-refractivity contribution in [1.82, 2.24) is 9.97 Å². The lowest BCUT2D eigenvalue weighted by Gasteiger charge is -2.12. The van der Waals surface area contributed by atoms with Gasteiger partial charge in [0.15, 0.2) is 0 Å². The van der Waals surface area contributed by atoms with Crippen LogP contribution in [0.25, 0.3) is 22.4 Å². The molecule has 22 heavy (non-hydrogen) atoms. The SMILES string of the molecule is CCC(C)C(=O)Nc1ccccc1-c1nc2ccccc2[nH]1. The summed E-state index contributed by atoms with van der Waals surface area (Å²) in [7, 11) is 0. The molecule has 4 nitrogen and oxygen atoms in total. The molecule has 0 saturated heterocycles. The molecule has 0 bridgehead atoms. The standard InChI is InChI=1S/C18H19N3O/c1-3-12(2)18(22)21-14-9-5-4-8-13(14)17-19-15-10-6-7-11-16(15)20-17/h4-12H,3H2,1-2H3,(H,19,20)(H,21,22). The van der Waals surface area contributed by atoms with Crippen molar-refractivity contribution in [2.24, 2.45) is 5.92 Å². The highest BCUT2D eigenvalue weighted by molar-refractivity contribution is 5.96. The summed E-state index contributed by atoms with van der Waals surface area (Å²) in [5.74, 6) is 0.788. The Kier molecular flexibility index (Phi) is 3.92. The number of anilines is 1. The number of carbonyl (C=O) groups is 1. The van der Waals surface area contributed by atoms with Gasteiger partial charge in [0.2, 0.25) is 5.91 Å². The zero-order valence-electron chi connectivity index (χ0n) is 12.8. The van der Waals surface area contributed by atoms with E-state index in [0.717, 1.165) is 34.5 Å². The first-order valence-electron chi connectivity index (χ1n) is 7.54. The lowest BCUT2D eigenvalue weighted by atomic mass is 10.1. The Morgan fingerprint density at radius 2 is 1.91 bits per heavy atom. The smallest absolute Gasteiger partial charge is 0.227 e. The number of imidazole rings is 1. The van der Waals surface area contributed by atoms with Gasteiger partial charge < -0.3 is 10.3 Å². The Balaban J connectivity index is 1.98. The lowest BCUT2D eigenvalue weighted by molar-refractivity contribution is -0.119. The minimum Gasteiger partial charge on any atom is -0.338 e. The van der Waals surface area contributed by atoms with Crippen molar-refractivity contribution in [3.63, 3.8) is 0 Å². The van der Waals surface area contributed by atoms with Crippen molar-refractivity contribution in [3.8, 4) is 11.4 Å². The molecule has 1 heterocycles. The third-order valence-electron chi connectivity index (χ3n) is 3.89. The molecule has 3 aromatic rings. The number of benzene rings is 2. The molecule has 1 aromatic heterocycles. The van der Waals surface area contributed by atoms with E-state index in [2.05, 4.69) is 15.3 Å². The van der Waals surface area contributed by atoms with Crippen molar-refractivity contribution < 1.29 is 4.79 Å². The van der Waals surface area contributed by atoms with Crippen molar-refractivity contribution in [2.75, 3.05) is 5.32 Å². The number of fused-ring (bicyclic) bond motifs is 1. The van der Waals surface area contributed by atoms with E-state index in [-0.39, 0.29) is 11.8 Å². The van der Waals surface area contributed by atoms with Crippen LogP contribution in [0.5, 0.6) is 0 Å². The molecule has 3 rings (SSSR count). The van der Waals surface area contributed by atoms with Gasteiger partial charge in [-0.1, -0.05) is 38.1 Å². The summed E-state index contributed by atoms with van der Waals surface area (Å²) < 4.78 is 0. The van der Waals surface area contributed by atoms with E-state index in [4.69, 9.17) is 0 Å². The molecule has 0 radical (unpaired) electrons. The van der Waals surface area contributed by atoms with Crippen LogP contribution in [0.15, 0.2) is 48.5 Å². The van der Waals surface area contributed by atoms with E-state index in [0.29, 0.717) is 0 Å². The number of amides is 1. The van der Waals surface area contributed by atoms with Gasteiger partial charge in [0, 0.05) is 11.5 Å². The molecule has 0 fully saturated rings. The van der Waals surface area contributed by atoms with Crippen molar-refractivity contribution in [2.45, 2.75) is 20.3 Å². The predicted molar refractivity (Wildman–Crippen MR) is 89.6 cm³/mol. The van der Waals surface area contributed by atoms with Gasteiger partial charge in [-0.3, -0.25) is 4.79 Å². The first kappa shape index (κ1) is 14.3. The van der Waals surface area contributed by atoms with Crippen molar-refractivity contribution in [3.05, 3.63) is 48.5 Å². The number of nitrogens with one attached hydrogen (secondary N) is 2. The van der Waals surface area contributed by atoms with E-state index >= 15 is 0 Å². The number of nitrogens with zero attached hydrogens (tertiary/aromatic N) is 1. The summed E-state index contributed by atoms with van der Waals surface area (Å²) >= 11 is 0. The summed E-state index contributed by atoms with van der Waals surface area (Å²) in [5.41, 5.74) is 3.59. The van der Waals surface area contributed by atoms with Crippen LogP contribution in [0.2, 0.25) is 0 Å². The molecule has 0 aliphatic rings. The van der Waals surface area contributed by atoms with Crippen LogP contribution in [0.1, 0.15) is 20.3 Å². The number of carbonyl (C=O) groups excluding carboxylic acids is 1. The second-order valence-corrected chi connectivity index (χ2v) is 5.45. The van der Waals surface area contributed by atoms with Crippen LogP contribution >= 0.6 is 0 Å². The molecular formula is C18H19N3O. The normalized spacial score (nSPS) is 12.3. The molecule has 0 aliphatic heterocycles. The summed E-state index contributed by atoms with van der Waals surface area (Å²) in [4.78, 5) is 20.1. The van der Waals surface area contributed by atoms with Gasteiger partial charge in [0.1, 0.15) is 5.82 Å².